The normalized spacial score (nSPS) is 14.0. The number of halogens is 3. The Morgan fingerprint density at radius 2 is 1.79 bits per heavy atom. The second-order valence-corrected chi connectivity index (χ2v) is 8.34. The Hall–Kier alpha value is -3.13. The van der Waals surface area contributed by atoms with Gasteiger partial charge in [-0.3, -0.25) is 9.78 Å². The van der Waals surface area contributed by atoms with Crippen molar-refractivity contribution in [1.29, 1.82) is 0 Å². The van der Waals surface area contributed by atoms with Gasteiger partial charge in [-0.1, -0.05) is 29.3 Å². The van der Waals surface area contributed by atoms with E-state index >= 15 is 4.39 Å². The minimum atomic E-state index is -0.538. The van der Waals surface area contributed by atoms with Gasteiger partial charge in [0, 0.05) is 41.5 Å². The van der Waals surface area contributed by atoms with Gasteiger partial charge in [-0.2, -0.15) is 0 Å². The summed E-state index contributed by atoms with van der Waals surface area (Å²) in [5.41, 5.74) is 2.80. The van der Waals surface area contributed by atoms with Gasteiger partial charge >= 0.3 is 0 Å². The molecule has 0 spiro atoms. The molecule has 6 nitrogen and oxygen atoms in total. The van der Waals surface area contributed by atoms with Crippen molar-refractivity contribution in [1.82, 2.24) is 15.2 Å². The first-order valence-corrected chi connectivity index (χ1v) is 11.0. The molecule has 0 radical (unpaired) electrons. The summed E-state index contributed by atoms with van der Waals surface area (Å²) < 4.78 is 20.5. The van der Waals surface area contributed by atoms with Gasteiger partial charge in [0.2, 0.25) is 5.78 Å². The minimum Gasteiger partial charge on any atom is -0.378 e. The van der Waals surface area contributed by atoms with Crippen molar-refractivity contribution in [2.45, 2.75) is 0 Å². The third kappa shape index (κ3) is 4.27. The fourth-order valence-electron chi connectivity index (χ4n) is 3.89. The molecule has 2 aromatic heterocycles. The molecule has 0 bridgehead atoms. The molecule has 166 valence electrons. The zero-order valence-electron chi connectivity index (χ0n) is 17.3. The molecule has 0 saturated carbocycles. The number of ether oxygens (including phenoxy) is 1. The molecule has 1 aliphatic rings. The average molecular weight is 483 g/mol. The summed E-state index contributed by atoms with van der Waals surface area (Å²) in [6.45, 7) is 2.96. The summed E-state index contributed by atoms with van der Waals surface area (Å²) in [5.74, 6) is -1.01. The van der Waals surface area contributed by atoms with Crippen molar-refractivity contribution in [3.63, 3.8) is 0 Å². The van der Waals surface area contributed by atoms with Crippen molar-refractivity contribution in [2.75, 3.05) is 31.2 Å². The summed E-state index contributed by atoms with van der Waals surface area (Å²) in [6, 6.07) is 13.1. The van der Waals surface area contributed by atoms with Crippen LogP contribution in [0.5, 0.6) is 0 Å². The predicted octanol–water partition coefficient (Wildman–Crippen LogP) is 5.21. The topological polar surface area (TPSA) is 68.2 Å². The molecule has 0 unspecified atom stereocenters. The number of anilines is 1. The van der Waals surface area contributed by atoms with E-state index in [0.29, 0.717) is 18.8 Å². The minimum absolute atomic E-state index is 0.00837. The van der Waals surface area contributed by atoms with Crippen LogP contribution in [0.1, 0.15) is 16.1 Å². The number of benzene rings is 2. The van der Waals surface area contributed by atoms with Gasteiger partial charge < -0.3 is 9.64 Å². The first-order valence-electron chi connectivity index (χ1n) is 10.3. The van der Waals surface area contributed by atoms with Crippen molar-refractivity contribution >= 4 is 45.6 Å². The van der Waals surface area contributed by atoms with Gasteiger partial charge in [-0.15, -0.1) is 10.2 Å². The maximum Gasteiger partial charge on any atom is 0.214 e. The molecular weight excluding hydrogens is 466 g/mol. The van der Waals surface area contributed by atoms with Gasteiger partial charge in [-0.05, 0) is 48.0 Å². The molecule has 3 heterocycles. The number of ketones is 1. The second kappa shape index (κ2) is 9.02. The molecular formula is C24H17Cl2FN4O2. The summed E-state index contributed by atoms with van der Waals surface area (Å²) >= 11 is 12.0. The summed E-state index contributed by atoms with van der Waals surface area (Å²) in [5, 5.41) is 8.44. The van der Waals surface area contributed by atoms with Crippen LogP contribution in [-0.2, 0) is 4.74 Å². The SMILES string of the molecule is O=C(c1ccc(Cl)nn1)c1cc(-c2ccnc3cc(N4CCOCC4)ccc23)c(F)cc1Cl. The Kier molecular flexibility index (Phi) is 5.93. The van der Waals surface area contributed by atoms with Crippen LogP contribution in [0.4, 0.5) is 10.1 Å². The first kappa shape index (κ1) is 21.7. The fourth-order valence-corrected chi connectivity index (χ4v) is 4.23. The van der Waals surface area contributed by atoms with Crippen LogP contribution in [0.2, 0.25) is 10.2 Å². The van der Waals surface area contributed by atoms with Crippen LogP contribution < -0.4 is 4.90 Å². The molecule has 2 aromatic carbocycles. The van der Waals surface area contributed by atoms with E-state index in [0.717, 1.165) is 35.7 Å². The maximum atomic E-state index is 15.0. The first-order chi connectivity index (χ1) is 16.0. The number of hydrogen-bond donors (Lipinski definition) is 0. The predicted molar refractivity (Wildman–Crippen MR) is 126 cm³/mol. The third-order valence-electron chi connectivity index (χ3n) is 5.56. The van der Waals surface area contributed by atoms with Gasteiger partial charge in [0.05, 0.1) is 23.8 Å². The Bertz CT molecular complexity index is 1360. The summed E-state index contributed by atoms with van der Waals surface area (Å²) in [6.07, 6.45) is 1.63. The van der Waals surface area contributed by atoms with E-state index in [9.17, 15) is 4.79 Å². The van der Waals surface area contributed by atoms with Crippen LogP contribution in [0.25, 0.3) is 22.0 Å². The number of pyridine rings is 1. The quantitative estimate of drug-likeness (QED) is 0.372. The lowest BCUT2D eigenvalue weighted by Gasteiger charge is -2.29. The Morgan fingerprint density at radius 3 is 2.55 bits per heavy atom. The van der Waals surface area contributed by atoms with Crippen molar-refractivity contribution in [3.05, 3.63) is 82.0 Å². The summed E-state index contributed by atoms with van der Waals surface area (Å²) in [7, 11) is 0. The number of hydrogen-bond acceptors (Lipinski definition) is 6. The van der Waals surface area contributed by atoms with Crippen molar-refractivity contribution in [3.8, 4) is 11.1 Å². The molecule has 33 heavy (non-hydrogen) atoms. The highest BCUT2D eigenvalue weighted by molar-refractivity contribution is 6.35. The smallest absolute Gasteiger partial charge is 0.214 e. The molecule has 0 amide bonds. The van der Waals surface area contributed by atoms with Gasteiger partial charge in [0.25, 0.3) is 0 Å². The zero-order valence-corrected chi connectivity index (χ0v) is 18.8. The van der Waals surface area contributed by atoms with Crippen LogP contribution in [0, 0.1) is 5.82 Å². The van der Waals surface area contributed by atoms with Crippen molar-refractivity contribution < 1.29 is 13.9 Å². The van der Waals surface area contributed by atoms with Gasteiger partial charge in [-0.25, -0.2) is 4.39 Å². The lowest BCUT2D eigenvalue weighted by atomic mass is 9.96. The lowest BCUT2D eigenvalue weighted by Crippen LogP contribution is -2.36. The monoisotopic (exact) mass is 482 g/mol. The van der Waals surface area contributed by atoms with Crippen LogP contribution in [0.3, 0.4) is 0 Å². The summed E-state index contributed by atoms with van der Waals surface area (Å²) in [4.78, 5) is 19.7. The van der Waals surface area contributed by atoms with E-state index in [4.69, 9.17) is 27.9 Å². The standard InChI is InChI=1S/C24H17Cl2FN4O2/c25-19-13-20(27)17(12-18(19)24(32)21-3-4-23(26)30-29-21)15-5-6-28-22-11-14(1-2-16(15)22)31-7-9-33-10-8-31/h1-6,11-13H,7-10H2. The van der Waals surface area contributed by atoms with E-state index in [2.05, 4.69) is 20.1 Å². The number of morpholine rings is 1. The molecule has 1 fully saturated rings. The highest BCUT2D eigenvalue weighted by Crippen LogP contribution is 2.35. The Morgan fingerprint density at radius 1 is 0.970 bits per heavy atom. The molecule has 0 N–H and O–H groups in total. The van der Waals surface area contributed by atoms with Gasteiger partial charge in [0.15, 0.2) is 5.15 Å². The molecule has 1 saturated heterocycles. The van der Waals surface area contributed by atoms with Crippen LogP contribution >= 0.6 is 23.2 Å². The van der Waals surface area contributed by atoms with E-state index in [1.165, 1.54) is 18.2 Å². The lowest BCUT2D eigenvalue weighted by molar-refractivity contribution is 0.103. The molecule has 0 aliphatic carbocycles. The highest BCUT2D eigenvalue weighted by Gasteiger charge is 2.20. The molecule has 5 rings (SSSR count). The number of carbonyl (C=O) groups is 1. The van der Waals surface area contributed by atoms with E-state index < -0.39 is 11.6 Å². The third-order valence-corrected chi connectivity index (χ3v) is 6.07. The van der Waals surface area contributed by atoms with E-state index in [1.807, 2.05) is 18.2 Å². The van der Waals surface area contributed by atoms with E-state index in [-0.39, 0.29) is 27.0 Å². The van der Waals surface area contributed by atoms with E-state index in [1.54, 1.807) is 12.3 Å². The van der Waals surface area contributed by atoms with Crippen LogP contribution in [-0.4, -0.2) is 47.3 Å². The van der Waals surface area contributed by atoms with Crippen molar-refractivity contribution in [2.24, 2.45) is 0 Å². The zero-order chi connectivity index (χ0) is 22.9. The molecule has 4 aromatic rings. The number of rotatable bonds is 4. The second-order valence-electron chi connectivity index (χ2n) is 7.54. The molecule has 0 atom stereocenters. The maximum absolute atomic E-state index is 15.0. The van der Waals surface area contributed by atoms with Gasteiger partial charge in [0.1, 0.15) is 11.5 Å². The Balaban J connectivity index is 1.58. The molecule has 9 heteroatoms. The number of fused-ring (bicyclic) bond motifs is 1. The molecule has 1 aliphatic heterocycles. The Labute approximate surface area is 198 Å². The highest BCUT2D eigenvalue weighted by atomic mass is 35.5. The largest absolute Gasteiger partial charge is 0.378 e. The number of carbonyl (C=O) groups excluding carboxylic acids is 1. The fraction of sp³-hybridized carbons (Fsp3) is 0.167. The number of nitrogens with zero attached hydrogens (tertiary/aromatic N) is 4. The average Bonchev–Trinajstić information content (AvgIpc) is 2.84. The van der Waals surface area contributed by atoms with Crippen LogP contribution in [0.15, 0.2) is 54.7 Å². The number of aromatic nitrogens is 3.